The Morgan fingerprint density at radius 3 is 2.96 bits per heavy atom. The van der Waals surface area contributed by atoms with Gasteiger partial charge in [-0.2, -0.15) is 0 Å². The molecule has 1 spiro atoms. The van der Waals surface area contributed by atoms with Crippen LogP contribution >= 0.6 is 11.3 Å². The van der Waals surface area contributed by atoms with E-state index in [4.69, 9.17) is 0 Å². The zero-order chi connectivity index (χ0) is 16.6. The van der Waals surface area contributed by atoms with Crippen molar-refractivity contribution in [2.75, 3.05) is 40.3 Å². The van der Waals surface area contributed by atoms with Crippen molar-refractivity contribution in [3.63, 3.8) is 0 Å². The van der Waals surface area contributed by atoms with Crippen LogP contribution in [0.5, 0.6) is 0 Å². The van der Waals surface area contributed by atoms with Crippen molar-refractivity contribution in [1.82, 2.24) is 19.7 Å². The first-order chi connectivity index (χ1) is 10.9. The highest BCUT2D eigenvalue weighted by atomic mass is 32.1. The van der Waals surface area contributed by atoms with Crippen LogP contribution in [0.2, 0.25) is 0 Å². The lowest BCUT2D eigenvalue weighted by Crippen LogP contribution is -2.43. The fourth-order valence-corrected chi connectivity index (χ4v) is 4.40. The van der Waals surface area contributed by atoms with Crippen molar-refractivity contribution >= 4 is 23.2 Å². The fourth-order valence-electron chi connectivity index (χ4n) is 3.74. The lowest BCUT2D eigenvalue weighted by atomic mass is 9.78. The number of hydrogen-bond donors (Lipinski definition) is 0. The Morgan fingerprint density at radius 2 is 2.30 bits per heavy atom. The SMILES string of the molecule is C[C@H]1CN(Cc2nccs2)C[C@@]12CCN(CC(=O)N(C)C)C2=O. The van der Waals surface area contributed by atoms with E-state index in [0.717, 1.165) is 31.1 Å². The molecule has 1 aromatic heterocycles. The summed E-state index contributed by atoms with van der Waals surface area (Å²) in [5.74, 6) is 0.456. The highest BCUT2D eigenvalue weighted by Crippen LogP contribution is 2.45. The number of carbonyl (C=O) groups is 2. The highest BCUT2D eigenvalue weighted by Gasteiger charge is 2.55. The Balaban J connectivity index is 1.67. The first kappa shape index (κ1) is 16.4. The van der Waals surface area contributed by atoms with Crippen molar-refractivity contribution in [3.05, 3.63) is 16.6 Å². The molecule has 7 heteroatoms. The van der Waals surface area contributed by atoms with Crippen LogP contribution in [0.1, 0.15) is 18.4 Å². The summed E-state index contributed by atoms with van der Waals surface area (Å²) < 4.78 is 0. The summed E-state index contributed by atoms with van der Waals surface area (Å²) in [4.78, 5) is 34.8. The maximum Gasteiger partial charge on any atom is 0.241 e. The summed E-state index contributed by atoms with van der Waals surface area (Å²) in [5.41, 5.74) is -0.316. The minimum Gasteiger partial charge on any atom is -0.347 e. The quantitative estimate of drug-likeness (QED) is 0.820. The zero-order valence-corrected chi connectivity index (χ0v) is 14.8. The molecule has 0 aliphatic carbocycles. The second kappa shape index (κ2) is 6.20. The van der Waals surface area contributed by atoms with Crippen molar-refractivity contribution < 1.29 is 9.59 Å². The first-order valence-electron chi connectivity index (χ1n) is 8.02. The Bertz CT molecular complexity index is 589. The summed E-state index contributed by atoms with van der Waals surface area (Å²) in [6, 6.07) is 0. The highest BCUT2D eigenvalue weighted by molar-refractivity contribution is 7.09. The summed E-state index contributed by atoms with van der Waals surface area (Å²) in [6.07, 6.45) is 2.67. The van der Waals surface area contributed by atoms with Crippen molar-refractivity contribution in [3.8, 4) is 0 Å². The normalized spacial score (nSPS) is 28.0. The van der Waals surface area contributed by atoms with Crippen LogP contribution in [0.3, 0.4) is 0 Å². The van der Waals surface area contributed by atoms with Crippen LogP contribution in [0.4, 0.5) is 0 Å². The Kier molecular flexibility index (Phi) is 4.42. The molecule has 2 aliphatic rings. The number of likely N-dealkylation sites (tertiary alicyclic amines) is 2. The van der Waals surface area contributed by atoms with E-state index in [1.807, 2.05) is 11.6 Å². The molecule has 6 nitrogen and oxygen atoms in total. The van der Waals surface area contributed by atoms with E-state index in [0.29, 0.717) is 12.5 Å². The molecule has 2 saturated heterocycles. The predicted molar refractivity (Wildman–Crippen MR) is 88.9 cm³/mol. The van der Waals surface area contributed by atoms with Gasteiger partial charge in [-0.25, -0.2) is 4.98 Å². The van der Waals surface area contributed by atoms with Gasteiger partial charge in [0.1, 0.15) is 5.01 Å². The minimum atomic E-state index is -0.316. The number of nitrogens with zero attached hydrogens (tertiary/aromatic N) is 4. The third-order valence-electron chi connectivity index (χ3n) is 5.19. The summed E-state index contributed by atoms with van der Waals surface area (Å²) in [5, 5.41) is 3.08. The number of carbonyl (C=O) groups excluding carboxylic acids is 2. The number of likely N-dealkylation sites (N-methyl/N-ethyl adjacent to an activating group) is 1. The molecule has 0 N–H and O–H groups in total. The predicted octanol–water partition coefficient (Wildman–Crippen LogP) is 0.902. The van der Waals surface area contributed by atoms with Gasteiger partial charge in [0.25, 0.3) is 0 Å². The van der Waals surface area contributed by atoms with Gasteiger partial charge in [0.15, 0.2) is 0 Å². The molecule has 126 valence electrons. The number of thiazole rings is 1. The number of aromatic nitrogens is 1. The van der Waals surface area contributed by atoms with E-state index >= 15 is 0 Å². The Morgan fingerprint density at radius 1 is 1.52 bits per heavy atom. The van der Waals surface area contributed by atoms with E-state index in [9.17, 15) is 9.59 Å². The zero-order valence-electron chi connectivity index (χ0n) is 14.0. The topological polar surface area (TPSA) is 56.8 Å². The number of hydrogen-bond acceptors (Lipinski definition) is 5. The van der Waals surface area contributed by atoms with Crippen LogP contribution < -0.4 is 0 Å². The second-order valence-electron chi connectivity index (χ2n) is 6.92. The molecule has 0 saturated carbocycles. The van der Waals surface area contributed by atoms with E-state index in [1.54, 1.807) is 35.2 Å². The van der Waals surface area contributed by atoms with Crippen LogP contribution in [0.25, 0.3) is 0 Å². The van der Waals surface area contributed by atoms with Crippen molar-refractivity contribution in [2.45, 2.75) is 19.9 Å². The van der Waals surface area contributed by atoms with Gasteiger partial charge in [-0.15, -0.1) is 11.3 Å². The molecule has 0 radical (unpaired) electrons. The number of amides is 2. The third-order valence-corrected chi connectivity index (χ3v) is 5.95. The van der Waals surface area contributed by atoms with E-state index in [1.165, 1.54) is 0 Å². The molecule has 3 rings (SSSR count). The molecular formula is C16H24N4O2S. The molecular weight excluding hydrogens is 312 g/mol. The maximum atomic E-state index is 13.0. The standard InChI is InChI=1S/C16H24N4O2S/c1-12-8-19(9-13-17-5-7-23-13)11-16(12)4-6-20(15(16)22)10-14(21)18(2)3/h5,7,12H,4,6,8-11H2,1-3H3/t12-,16-/m0/s1. The molecule has 1 aromatic rings. The number of rotatable bonds is 4. The van der Waals surface area contributed by atoms with Gasteiger partial charge in [-0.1, -0.05) is 6.92 Å². The van der Waals surface area contributed by atoms with Crippen LogP contribution in [-0.2, 0) is 16.1 Å². The molecule has 3 heterocycles. The molecule has 2 amide bonds. The third kappa shape index (κ3) is 2.99. The van der Waals surface area contributed by atoms with Crippen LogP contribution in [0, 0.1) is 11.3 Å². The largest absolute Gasteiger partial charge is 0.347 e. The summed E-state index contributed by atoms with van der Waals surface area (Å²) in [6.45, 7) is 5.56. The maximum absolute atomic E-state index is 13.0. The minimum absolute atomic E-state index is 0.0132. The second-order valence-corrected chi connectivity index (χ2v) is 7.90. The fraction of sp³-hybridized carbons (Fsp3) is 0.688. The lowest BCUT2D eigenvalue weighted by molar-refractivity contribution is -0.142. The Hall–Kier alpha value is -1.47. The molecule has 2 aliphatic heterocycles. The average Bonchev–Trinajstić information content (AvgIpc) is 3.18. The Labute approximate surface area is 141 Å². The van der Waals surface area contributed by atoms with E-state index < -0.39 is 0 Å². The van der Waals surface area contributed by atoms with E-state index in [-0.39, 0.29) is 23.8 Å². The monoisotopic (exact) mass is 336 g/mol. The molecule has 0 aromatic carbocycles. The van der Waals surface area contributed by atoms with Gasteiger partial charge in [-0.3, -0.25) is 14.5 Å². The molecule has 2 atom stereocenters. The van der Waals surface area contributed by atoms with E-state index in [2.05, 4.69) is 16.8 Å². The van der Waals surface area contributed by atoms with Crippen molar-refractivity contribution in [1.29, 1.82) is 0 Å². The van der Waals surface area contributed by atoms with Gasteiger partial charge < -0.3 is 9.80 Å². The van der Waals surface area contributed by atoms with Gasteiger partial charge in [0.05, 0.1) is 18.5 Å². The van der Waals surface area contributed by atoms with Gasteiger partial charge in [0, 0.05) is 45.3 Å². The van der Waals surface area contributed by atoms with Gasteiger partial charge >= 0.3 is 0 Å². The first-order valence-corrected chi connectivity index (χ1v) is 8.90. The van der Waals surface area contributed by atoms with Crippen LogP contribution in [0.15, 0.2) is 11.6 Å². The van der Waals surface area contributed by atoms with Gasteiger partial charge in [-0.05, 0) is 12.3 Å². The average molecular weight is 336 g/mol. The summed E-state index contributed by atoms with van der Waals surface area (Å²) >= 11 is 1.66. The molecule has 2 fully saturated rings. The molecule has 0 bridgehead atoms. The van der Waals surface area contributed by atoms with Gasteiger partial charge in [0.2, 0.25) is 11.8 Å². The lowest BCUT2D eigenvalue weighted by Gasteiger charge is -2.27. The molecule has 23 heavy (non-hydrogen) atoms. The van der Waals surface area contributed by atoms with Crippen molar-refractivity contribution in [2.24, 2.45) is 11.3 Å². The molecule has 0 unspecified atom stereocenters. The van der Waals surface area contributed by atoms with Crippen LogP contribution in [-0.4, -0.2) is 71.8 Å². The summed E-state index contributed by atoms with van der Waals surface area (Å²) in [7, 11) is 3.46. The smallest absolute Gasteiger partial charge is 0.241 e.